The molecule has 0 aliphatic rings. The summed E-state index contributed by atoms with van der Waals surface area (Å²) in [6.45, 7) is 6.71. The van der Waals surface area contributed by atoms with Crippen LogP contribution in [-0.4, -0.2) is 4.57 Å². The molecule has 0 N–H and O–H groups in total. The van der Waals surface area contributed by atoms with Gasteiger partial charge in [0.05, 0.1) is 11.0 Å². The van der Waals surface area contributed by atoms with Gasteiger partial charge in [0.1, 0.15) is 0 Å². The molecule has 1 aromatic heterocycles. The number of benzene rings is 2. The van der Waals surface area contributed by atoms with Crippen molar-refractivity contribution in [1.82, 2.24) is 4.57 Å². The highest BCUT2D eigenvalue weighted by molar-refractivity contribution is 5.93. The maximum absolute atomic E-state index is 12.5. The number of hydrogen-bond donors (Lipinski definition) is 0. The molecule has 0 radical (unpaired) electrons. The zero-order valence-electron chi connectivity index (χ0n) is 10.9. The fourth-order valence-electron chi connectivity index (χ4n) is 2.52. The SMILES string of the molecule is C=C(C)Cn1c2ccccc2c(=O)c2ccccc21. The van der Waals surface area contributed by atoms with Crippen molar-refractivity contribution < 1.29 is 0 Å². The van der Waals surface area contributed by atoms with Gasteiger partial charge in [0.2, 0.25) is 0 Å². The van der Waals surface area contributed by atoms with E-state index in [1.807, 2.05) is 55.5 Å². The Kier molecular flexibility index (Phi) is 2.71. The van der Waals surface area contributed by atoms with E-state index in [0.717, 1.165) is 33.9 Å². The van der Waals surface area contributed by atoms with E-state index in [0.29, 0.717) is 0 Å². The average molecular weight is 249 g/mol. The van der Waals surface area contributed by atoms with Crippen LogP contribution in [0.25, 0.3) is 21.8 Å². The van der Waals surface area contributed by atoms with Gasteiger partial charge in [0, 0.05) is 17.3 Å². The highest BCUT2D eigenvalue weighted by Gasteiger charge is 2.09. The quantitative estimate of drug-likeness (QED) is 0.501. The summed E-state index contributed by atoms with van der Waals surface area (Å²) in [6, 6.07) is 15.5. The van der Waals surface area contributed by atoms with Gasteiger partial charge in [-0.3, -0.25) is 4.79 Å². The Morgan fingerprint density at radius 2 is 1.47 bits per heavy atom. The first-order chi connectivity index (χ1) is 9.18. The summed E-state index contributed by atoms with van der Waals surface area (Å²) in [5.74, 6) is 0. The number of aromatic nitrogens is 1. The van der Waals surface area contributed by atoms with E-state index >= 15 is 0 Å². The van der Waals surface area contributed by atoms with E-state index in [1.54, 1.807) is 0 Å². The minimum atomic E-state index is 0.101. The van der Waals surface area contributed by atoms with Crippen LogP contribution in [0.15, 0.2) is 65.5 Å². The fraction of sp³-hybridized carbons (Fsp3) is 0.118. The smallest absolute Gasteiger partial charge is 0.197 e. The Morgan fingerprint density at radius 1 is 1.00 bits per heavy atom. The molecule has 2 heteroatoms. The molecule has 2 nitrogen and oxygen atoms in total. The average Bonchev–Trinajstić information content (AvgIpc) is 2.43. The molecule has 0 aliphatic heterocycles. The molecule has 0 amide bonds. The topological polar surface area (TPSA) is 22.0 Å². The van der Waals surface area contributed by atoms with Gasteiger partial charge in [-0.1, -0.05) is 36.4 Å². The lowest BCUT2D eigenvalue weighted by atomic mass is 10.1. The first-order valence-corrected chi connectivity index (χ1v) is 6.33. The van der Waals surface area contributed by atoms with Crippen LogP contribution in [0.2, 0.25) is 0 Å². The van der Waals surface area contributed by atoms with Crippen LogP contribution in [0.5, 0.6) is 0 Å². The van der Waals surface area contributed by atoms with Crippen molar-refractivity contribution in [2.75, 3.05) is 0 Å². The van der Waals surface area contributed by atoms with E-state index in [2.05, 4.69) is 11.1 Å². The van der Waals surface area contributed by atoms with E-state index < -0.39 is 0 Å². The maximum Gasteiger partial charge on any atom is 0.197 e. The minimum absolute atomic E-state index is 0.101. The fourth-order valence-corrected chi connectivity index (χ4v) is 2.52. The number of hydrogen-bond acceptors (Lipinski definition) is 1. The monoisotopic (exact) mass is 249 g/mol. The van der Waals surface area contributed by atoms with E-state index in [-0.39, 0.29) is 5.43 Å². The van der Waals surface area contributed by atoms with Gasteiger partial charge >= 0.3 is 0 Å². The summed E-state index contributed by atoms with van der Waals surface area (Å²) >= 11 is 0. The first-order valence-electron chi connectivity index (χ1n) is 6.33. The molecule has 0 bridgehead atoms. The van der Waals surface area contributed by atoms with Crippen LogP contribution in [0.1, 0.15) is 6.92 Å². The molecule has 0 unspecified atom stereocenters. The molecule has 3 rings (SSSR count). The third kappa shape index (κ3) is 1.85. The van der Waals surface area contributed by atoms with Crippen LogP contribution in [0.4, 0.5) is 0 Å². The highest BCUT2D eigenvalue weighted by Crippen LogP contribution is 2.19. The largest absolute Gasteiger partial charge is 0.336 e. The Labute approximate surface area is 111 Å². The van der Waals surface area contributed by atoms with Crippen molar-refractivity contribution in [3.63, 3.8) is 0 Å². The van der Waals surface area contributed by atoms with E-state index in [9.17, 15) is 4.79 Å². The zero-order chi connectivity index (χ0) is 13.4. The third-order valence-electron chi connectivity index (χ3n) is 3.31. The standard InChI is InChI=1S/C17H15NO/c1-12(2)11-18-15-9-5-3-7-13(15)17(19)14-8-4-6-10-16(14)18/h3-10H,1,11H2,2H3. The third-order valence-corrected chi connectivity index (χ3v) is 3.31. The summed E-state index contributed by atoms with van der Waals surface area (Å²) in [5.41, 5.74) is 3.10. The number of rotatable bonds is 2. The molecule has 0 atom stereocenters. The predicted molar refractivity (Wildman–Crippen MR) is 80.5 cm³/mol. The second-order valence-corrected chi connectivity index (χ2v) is 4.91. The summed E-state index contributed by atoms with van der Waals surface area (Å²) in [7, 11) is 0. The molecule has 3 aromatic rings. The van der Waals surface area contributed by atoms with Crippen LogP contribution in [0.3, 0.4) is 0 Å². The summed E-state index contributed by atoms with van der Waals surface area (Å²) < 4.78 is 2.16. The Bertz CT molecular complexity index is 783. The van der Waals surface area contributed by atoms with E-state index in [4.69, 9.17) is 0 Å². The van der Waals surface area contributed by atoms with Gasteiger partial charge in [-0.2, -0.15) is 0 Å². The van der Waals surface area contributed by atoms with Crippen LogP contribution < -0.4 is 5.43 Å². The molecule has 0 aliphatic carbocycles. The van der Waals surface area contributed by atoms with Crippen molar-refractivity contribution in [1.29, 1.82) is 0 Å². The molecule has 0 fully saturated rings. The van der Waals surface area contributed by atoms with Gasteiger partial charge in [-0.05, 0) is 31.2 Å². The van der Waals surface area contributed by atoms with Crippen molar-refractivity contribution in [2.45, 2.75) is 13.5 Å². The molecule has 0 saturated carbocycles. The number of fused-ring (bicyclic) bond motifs is 2. The molecular weight excluding hydrogens is 234 g/mol. The Hall–Kier alpha value is -2.35. The normalized spacial score (nSPS) is 11.0. The maximum atomic E-state index is 12.5. The zero-order valence-corrected chi connectivity index (χ0v) is 10.9. The summed E-state index contributed by atoms with van der Waals surface area (Å²) in [6.07, 6.45) is 0. The number of allylic oxidation sites excluding steroid dienone is 1. The van der Waals surface area contributed by atoms with Crippen LogP contribution >= 0.6 is 0 Å². The number of nitrogens with zero attached hydrogens (tertiary/aromatic N) is 1. The van der Waals surface area contributed by atoms with Crippen LogP contribution in [-0.2, 0) is 6.54 Å². The second kappa shape index (κ2) is 4.39. The molecule has 0 saturated heterocycles. The highest BCUT2D eigenvalue weighted by atomic mass is 16.1. The molecule has 19 heavy (non-hydrogen) atoms. The molecule has 1 heterocycles. The molecule has 94 valence electrons. The first kappa shape index (κ1) is 11.7. The van der Waals surface area contributed by atoms with Gasteiger partial charge < -0.3 is 4.57 Å². The second-order valence-electron chi connectivity index (χ2n) is 4.91. The summed E-state index contributed by atoms with van der Waals surface area (Å²) in [4.78, 5) is 12.5. The lowest BCUT2D eigenvalue weighted by Crippen LogP contribution is -2.11. The van der Waals surface area contributed by atoms with Crippen molar-refractivity contribution >= 4 is 21.8 Å². The molecular formula is C17H15NO. The number of pyridine rings is 1. The minimum Gasteiger partial charge on any atom is -0.336 e. The summed E-state index contributed by atoms with van der Waals surface area (Å²) in [5, 5.41) is 1.53. The lowest BCUT2D eigenvalue weighted by Gasteiger charge is -2.14. The van der Waals surface area contributed by atoms with Gasteiger partial charge in [-0.25, -0.2) is 0 Å². The Balaban J connectivity index is 2.56. The van der Waals surface area contributed by atoms with E-state index in [1.165, 1.54) is 0 Å². The molecule has 2 aromatic carbocycles. The van der Waals surface area contributed by atoms with Crippen molar-refractivity contribution in [3.05, 3.63) is 70.9 Å². The van der Waals surface area contributed by atoms with Crippen molar-refractivity contribution in [2.24, 2.45) is 0 Å². The van der Waals surface area contributed by atoms with Gasteiger partial charge in [0.25, 0.3) is 0 Å². The predicted octanol–water partition coefficient (Wildman–Crippen LogP) is 3.73. The number of para-hydroxylation sites is 2. The molecule has 0 spiro atoms. The Morgan fingerprint density at radius 3 is 1.95 bits per heavy atom. The van der Waals surface area contributed by atoms with Gasteiger partial charge in [-0.15, -0.1) is 0 Å². The van der Waals surface area contributed by atoms with Gasteiger partial charge in [0.15, 0.2) is 5.43 Å². The van der Waals surface area contributed by atoms with Crippen molar-refractivity contribution in [3.8, 4) is 0 Å². The van der Waals surface area contributed by atoms with Crippen LogP contribution in [0, 0.1) is 0 Å². The lowest BCUT2D eigenvalue weighted by molar-refractivity contribution is 0.846.